The number of benzene rings is 2. The molecule has 2 aromatic carbocycles. The van der Waals surface area contributed by atoms with Crippen molar-refractivity contribution >= 4 is 56.9 Å². The highest BCUT2D eigenvalue weighted by Gasteiger charge is 2.13. The lowest BCUT2D eigenvalue weighted by molar-refractivity contribution is 0.314. The maximum absolute atomic E-state index is 6.08. The van der Waals surface area contributed by atoms with Gasteiger partial charge in [0.05, 0.1) is 5.52 Å². The first kappa shape index (κ1) is 19.0. The molecule has 0 aliphatic carbocycles. The Hall–Kier alpha value is -3.98. The summed E-state index contributed by atoms with van der Waals surface area (Å²) in [5.41, 5.74) is 2.36. The SMILES string of the molecule is Clc1cccc(Nc2nc3nonc3nc2NCCNc2ccc3ccccc3n2)c1. The van der Waals surface area contributed by atoms with Gasteiger partial charge in [-0.15, -0.1) is 0 Å². The molecule has 0 radical (unpaired) electrons. The van der Waals surface area contributed by atoms with Gasteiger partial charge in [-0.05, 0) is 46.7 Å². The number of nitrogens with one attached hydrogen (secondary N) is 3. The Morgan fingerprint density at radius 2 is 1.58 bits per heavy atom. The van der Waals surface area contributed by atoms with Crippen molar-refractivity contribution in [3.8, 4) is 0 Å². The van der Waals surface area contributed by atoms with Gasteiger partial charge in [-0.25, -0.2) is 19.6 Å². The molecule has 0 spiro atoms. The molecule has 3 aromatic heterocycles. The van der Waals surface area contributed by atoms with Crippen LogP contribution in [0.25, 0.3) is 22.2 Å². The molecule has 31 heavy (non-hydrogen) atoms. The maximum Gasteiger partial charge on any atom is 0.245 e. The second kappa shape index (κ2) is 8.41. The quantitative estimate of drug-likeness (QED) is 0.320. The first-order chi connectivity index (χ1) is 15.2. The van der Waals surface area contributed by atoms with Gasteiger partial charge in [0.25, 0.3) is 0 Å². The van der Waals surface area contributed by atoms with Gasteiger partial charge in [0.2, 0.25) is 11.3 Å². The first-order valence-electron chi connectivity index (χ1n) is 9.61. The molecule has 3 heterocycles. The van der Waals surface area contributed by atoms with Crippen LogP contribution in [-0.2, 0) is 0 Å². The van der Waals surface area contributed by atoms with Crippen molar-refractivity contribution in [1.29, 1.82) is 0 Å². The lowest BCUT2D eigenvalue weighted by Crippen LogP contribution is -2.16. The largest absolute Gasteiger partial charge is 0.368 e. The van der Waals surface area contributed by atoms with Crippen LogP contribution in [0, 0.1) is 0 Å². The molecule has 0 unspecified atom stereocenters. The zero-order valence-corrected chi connectivity index (χ0v) is 17.0. The number of hydrogen-bond acceptors (Lipinski definition) is 9. The van der Waals surface area contributed by atoms with Gasteiger partial charge in [-0.2, -0.15) is 0 Å². The summed E-state index contributed by atoms with van der Waals surface area (Å²) in [6.45, 7) is 1.20. The van der Waals surface area contributed by atoms with Gasteiger partial charge in [-0.3, -0.25) is 0 Å². The van der Waals surface area contributed by atoms with Gasteiger partial charge in [0.15, 0.2) is 11.6 Å². The third-order valence-corrected chi connectivity index (χ3v) is 4.76. The Morgan fingerprint density at radius 3 is 2.45 bits per heavy atom. The van der Waals surface area contributed by atoms with Crippen molar-refractivity contribution in [3.63, 3.8) is 0 Å². The zero-order chi connectivity index (χ0) is 21.0. The summed E-state index contributed by atoms with van der Waals surface area (Å²) >= 11 is 6.08. The molecule has 0 fully saturated rings. The molecule has 3 N–H and O–H groups in total. The molecule has 0 amide bonds. The third-order valence-electron chi connectivity index (χ3n) is 4.52. The summed E-state index contributed by atoms with van der Waals surface area (Å²) in [5.74, 6) is 1.82. The fourth-order valence-corrected chi connectivity index (χ4v) is 3.28. The van der Waals surface area contributed by atoms with Crippen molar-refractivity contribution < 1.29 is 4.63 Å². The van der Waals surface area contributed by atoms with E-state index < -0.39 is 0 Å². The topological polar surface area (TPSA) is 114 Å². The van der Waals surface area contributed by atoms with Crippen molar-refractivity contribution in [2.45, 2.75) is 0 Å². The van der Waals surface area contributed by atoms with Gasteiger partial charge in [-0.1, -0.05) is 35.9 Å². The van der Waals surface area contributed by atoms with E-state index in [1.165, 1.54) is 0 Å². The zero-order valence-electron chi connectivity index (χ0n) is 16.2. The van der Waals surface area contributed by atoms with E-state index >= 15 is 0 Å². The number of halogens is 1. The number of hydrogen-bond donors (Lipinski definition) is 3. The van der Waals surface area contributed by atoms with Crippen molar-refractivity contribution in [3.05, 3.63) is 65.7 Å². The lowest BCUT2D eigenvalue weighted by Gasteiger charge is -2.12. The molecular formula is C21H17ClN8O. The minimum absolute atomic E-state index is 0.313. The van der Waals surface area contributed by atoms with E-state index in [4.69, 9.17) is 16.2 Å². The van der Waals surface area contributed by atoms with Crippen LogP contribution in [0.1, 0.15) is 0 Å². The molecule has 0 bridgehead atoms. The predicted octanol–water partition coefficient (Wildman–Crippen LogP) is 4.48. The Morgan fingerprint density at radius 1 is 0.774 bits per heavy atom. The van der Waals surface area contributed by atoms with Crippen molar-refractivity contribution in [2.75, 3.05) is 29.0 Å². The molecule has 154 valence electrons. The third kappa shape index (κ3) is 4.31. The maximum atomic E-state index is 6.08. The number of para-hydroxylation sites is 1. The van der Waals surface area contributed by atoms with E-state index in [-0.39, 0.29) is 0 Å². The molecule has 0 atom stereocenters. The van der Waals surface area contributed by atoms with E-state index in [2.05, 4.69) is 41.2 Å². The van der Waals surface area contributed by atoms with Gasteiger partial charge < -0.3 is 16.0 Å². The normalized spacial score (nSPS) is 11.0. The fraction of sp³-hybridized carbons (Fsp3) is 0.0952. The van der Waals surface area contributed by atoms with E-state index in [9.17, 15) is 0 Å². The number of nitrogens with zero attached hydrogens (tertiary/aromatic N) is 5. The van der Waals surface area contributed by atoms with Crippen molar-refractivity contribution in [2.24, 2.45) is 0 Å². The molecule has 0 aliphatic rings. The molecule has 9 nitrogen and oxygen atoms in total. The molecule has 5 rings (SSSR count). The summed E-state index contributed by atoms with van der Waals surface area (Å²) in [5, 5.41) is 19.0. The molecule has 5 aromatic rings. The Bertz CT molecular complexity index is 1360. The smallest absolute Gasteiger partial charge is 0.245 e. The van der Waals surface area contributed by atoms with Crippen LogP contribution in [-0.4, -0.2) is 38.4 Å². The van der Waals surface area contributed by atoms with Crippen LogP contribution in [0.4, 0.5) is 23.1 Å². The van der Waals surface area contributed by atoms with Crippen LogP contribution in [0.3, 0.4) is 0 Å². The summed E-state index contributed by atoms with van der Waals surface area (Å²) in [7, 11) is 0. The average Bonchev–Trinajstić information content (AvgIpc) is 3.24. The van der Waals surface area contributed by atoms with E-state index in [0.29, 0.717) is 41.0 Å². The van der Waals surface area contributed by atoms with E-state index in [0.717, 1.165) is 22.4 Å². The Kier molecular flexibility index (Phi) is 5.16. The molecule has 0 aliphatic heterocycles. The Labute approximate surface area is 181 Å². The molecule has 0 saturated heterocycles. The number of aromatic nitrogens is 5. The van der Waals surface area contributed by atoms with Crippen LogP contribution in [0.15, 0.2) is 65.3 Å². The van der Waals surface area contributed by atoms with Crippen LogP contribution < -0.4 is 16.0 Å². The number of rotatable bonds is 7. The predicted molar refractivity (Wildman–Crippen MR) is 121 cm³/mol. The summed E-state index contributed by atoms with van der Waals surface area (Å²) in [6, 6.07) is 19.3. The second-order valence-corrected chi connectivity index (χ2v) is 7.15. The minimum atomic E-state index is 0.313. The molecular weight excluding hydrogens is 416 g/mol. The first-order valence-corrected chi connectivity index (χ1v) is 9.99. The highest BCUT2D eigenvalue weighted by molar-refractivity contribution is 6.30. The minimum Gasteiger partial charge on any atom is -0.368 e. The standard InChI is InChI=1S/C21H17ClN8O/c22-14-5-3-6-15(12-14)25-19-18(27-20-21(28-19)30-31-29-20)24-11-10-23-17-9-8-13-4-1-2-7-16(13)26-17/h1-9,12H,10-11H2,(H,23,26)(H,24,27,29)(H,25,28,30). The fourth-order valence-electron chi connectivity index (χ4n) is 3.09. The van der Waals surface area contributed by atoms with Gasteiger partial charge in [0.1, 0.15) is 5.82 Å². The highest BCUT2D eigenvalue weighted by atomic mass is 35.5. The monoisotopic (exact) mass is 432 g/mol. The van der Waals surface area contributed by atoms with Crippen LogP contribution >= 0.6 is 11.6 Å². The van der Waals surface area contributed by atoms with E-state index in [1.807, 2.05) is 48.5 Å². The summed E-state index contributed by atoms with van der Waals surface area (Å²) < 4.78 is 4.74. The number of anilines is 4. The second-order valence-electron chi connectivity index (χ2n) is 6.71. The van der Waals surface area contributed by atoms with Crippen LogP contribution in [0.2, 0.25) is 5.02 Å². The number of pyridine rings is 1. The van der Waals surface area contributed by atoms with Crippen LogP contribution in [0.5, 0.6) is 0 Å². The molecule has 10 heteroatoms. The Balaban J connectivity index is 1.29. The van der Waals surface area contributed by atoms with Gasteiger partial charge in [0, 0.05) is 29.2 Å². The summed E-state index contributed by atoms with van der Waals surface area (Å²) in [4.78, 5) is 13.5. The lowest BCUT2D eigenvalue weighted by atomic mass is 10.2. The van der Waals surface area contributed by atoms with Gasteiger partial charge >= 0.3 is 0 Å². The van der Waals surface area contributed by atoms with Crippen molar-refractivity contribution in [1.82, 2.24) is 25.3 Å². The summed E-state index contributed by atoms with van der Waals surface area (Å²) in [6.07, 6.45) is 0. The average molecular weight is 433 g/mol. The van der Waals surface area contributed by atoms with E-state index in [1.54, 1.807) is 12.1 Å². The number of fused-ring (bicyclic) bond motifs is 2. The highest BCUT2D eigenvalue weighted by Crippen LogP contribution is 2.25. The molecule has 0 saturated carbocycles.